The number of hydrogen-bond acceptors (Lipinski definition) is 5. The Morgan fingerprint density at radius 2 is 1.81 bits per heavy atom. The minimum atomic E-state index is -0.672. The van der Waals surface area contributed by atoms with Crippen LogP contribution in [0.15, 0.2) is 48.0 Å². The first kappa shape index (κ1) is 22.6. The average molecular weight is 424 g/mol. The first-order valence-corrected chi connectivity index (χ1v) is 10.4. The first-order chi connectivity index (χ1) is 14.9. The number of aliphatic hydroxyl groups excluding tert-OH is 1. The maximum absolute atomic E-state index is 13.0. The summed E-state index contributed by atoms with van der Waals surface area (Å²) in [5, 5.41) is 11.2. The predicted octanol–water partition coefficient (Wildman–Crippen LogP) is 4.02. The number of methoxy groups -OCH3 is 2. The van der Waals surface area contributed by atoms with Gasteiger partial charge in [-0.1, -0.05) is 31.2 Å². The molecule has 1 N–H and O–H groups in total. The van der Waals surface area contributed by atoms with Gasteiger partial charge in [-0.25, -0.2) is 0 Å². The highest BCUT2D eigenvalue weighted by Gasteiger charge is 2.45. The third-order valence-corrected chi connectivity index (χ3v) is 5.68. The van der Waals surface area contributed by atoms with Gasteiger partial charge in [0.05, 0.1) is 18.7 Å². The molecule has 2 aromatic carbocycles. The van der Waals surface area contributed by atoms with Gasteiger partial charge in [-0.05, 0) is 54.7 Å². The third kappa shape index (κ3) is 4.49. The summed E-state index contributed by atoms with van der Waals surface area (Å²) in [5.41, 5.74) is 3.32. The molecule has 0 spiro atoms. The van der Waals surface area contributed by atoms with Crippen LogP contribution in [0.1, 0.15) is 41.6 Å². The van der Waals surface area contributed by atoms with Crippen molar-refractivity contribution in [2.24, 2.45) is 0 Å². The van der Waals surface area contributed by atoms with E-state index < -0.39 is 17.7 Å². The summed E-state index contributed by atoms with van der Waals surface area (Å²) in [6, 6.07) is 12.4. The van der Waals surface area contributed by atoms with E-state index in [9.17, 15) is 14.7 Å². The van der Waals surface area contributed by atoms with E-state index in [-0.39, 0.29) is 11.3 Å². The highest BCUT2D eigenvalue weighted by atomic mass is 16.5. The fourth-order valence-electron chi connectivity index (χ4n) is 3.95. The molecule has 1 fully saturated rings. The lowest BCUT2D eigenvalue weighted by molar-refractivity contribution is -0.140. The maximum Gasteiger partial charge on any atom is 0.295 e. The molecule has 6 nitrogen and oxygen atoms in total. The molecular formula is C25H29NO5. The van der Waals surface area contributed by atoms with Crippen LogP contribution in [0, 0.1) is 6.92 Å². The van der Waals surface area contributed by atoms with Crippen molar-refractivity contribution in [3.63, 3.8) is 0 Å². The second kappa shape index (κ2) is 9.79. The first-order valence-electron chi connectivity index (χ1n) is 10.4. The van der Waals surface area contributed by atoms with Crippen LogP contribution in [-0.4, -0.2) is 49.1 Å². The van der Waals surface area contributed by atoms with Crippen LogP contribution in [0.3, 0.4) is 0 Å². The number of carbonyl (C=O) groups excluding carboxylic acids is 2. The number of aryl methyl sites for hydroxylation is 2. The normalized spacial score (nSPS) is 17.9. The Bertz CT molecular complexity index is 993. The van der Waals surface area contributed by atoms with Gasteiger partial charge in [0.15, 0.2) is 0 Å². The quantitative estimate of drug-likeness (QED) is 0.300. The van der Waals surface area contributed by atoms with E-state index in [1.165, 1.54) is 4.90 Å². The molecule has 1 unspecified atom stereocenters. The largest absolute Gasteiger partial charge is 0.507 e. The fourth-order valence-corrected chi connectivity index (χ4v) is 3.95. The number of ketones is 1. The smallest absolute Gasteiger partial charge is 0.295 e. The van der Waals surface area contributed by atoms with E-state index in [0.29, 0.717) is 30.9 Å². The fraction of sp³-hybridized carbons (Fsp3) is 0.360. The van der Waals surface area contributed by atoms with Crippen LogP contribution in [0.25, 0.3) is 5.76 Å². The van der Waals surface area contributed by atoms with Gasteiger partial charge in [0.2, 0.25) is 0 Å². The number of aliphatic hydroxyl groups is 1. The molecule has 1 aliphatic heterocycles. The number of nitrogens with zero attached hydrogens (tertiary/aromatic N) is 1. The molecular weight excluding hydrogens is 394 g/mol. The number of likely N-dealkylation sites (tertiary alicyclic amines) is 1. The molecule has 1 saturated heterocycles. The highest BCUT2D eigenvalue weighted by molar-refractivity contribution is 6.46. The minimum Gasteiger partial charge on any atom is -0.507 e. The average Bonchev–Trinajstić information content (AvgIpc) is 3.03. The SMILES string of the molecule is CCc1ccc(C2C(=C(O)c3ccc(OC)cc3C)C(=O)C(=O)N2CCCOC)cc1. The summed E-state index contributed by atoms with van der Waals surface area (Å²) in [4.78, 5) is 27.5. The molecule has 0 bridgehead atoms. The minimum absolute atomic E-state index is 0.111. The number of amides is 1. The Hall–Kier alpha value is -3.12. The summed E-state index contributed by atoms with van der Waals surface area (Å²) in [7, 11) is 3.17. The van der Waals surface area contributed by atoms with Crippen molar-refractivity contribution in [1.29, 1.82) is 0 Å². The molecule has 1 heterocycles. The van der Waals surface area contributed by atoms with E-state index in [1.807, 2.05) is 31.2 Å². The Labute approximate surface area is 183 Å². The van der Waals surface area contributed by atoms with Crippen LogP contribution in [0.5, 0.6) is 5.75 Å². The summed E-state index contributed by atoms with van der Waals surface area (Å²) in [6.07, 6.45) is 1.48. The van der Waals surface area contributed by atoms with E-state index in [2.05, 4.69) is 6.92 Å². The Kier molecular flexibility index (Phi) is 7.13. The van der Waals surface area contributed by atoms with Crippen LogP contribution in [-0.2, 0) is 20.7 Å². The number of carbonyl (C=O) groups is 2. The highest BCUT2D eigenvalue weighted by Crippen LogP contribution is 2.40. The number of Topliss-reactive ketones (excluding diaryl/α,β-unsaturated/α-hetero) is 1. The number of rotatable bonds is 8. The van der Waals surface area contributed by atoms with Gasteiger partial charge in [0.1, 0.15) is 11.5 Å². The second-order valence-electron chi connectivity index (χ2n) is 7.61. The zero-order valence-electron chi connectivity index (χ0n) is 18.5. The van der Waals surface area contributed by atoms with Crippen molar-refractivity contribution in [3.8, 4) is 5.75 Å². The molecule has 1 atom stereocenters. The molecule has 0 saturated carbocycles. The summed E-state index contributed by atoms with van der Waals surface area (Å²) in [6.45, 7) is 4.73. The number of benzene rings is 2. The van der Waals surface area contributed by atoms with E-state index >= 15 is 0 Å². The molecule has 1 amide bonds. The van der Waals surface area contributed by atoms with Crippen molar-refractivity contribution in [2.45, 2.75) is 32.7 Å². The van der Waals surface area contributed by atoms with E-state index in [1.54, 1.807) is 32.4 Å². The van der Waals surface area contributed by atoms with E-state index in [0.717, 1.165) is 23.1 Å². The molecule has 6 heteroatoms. The lowest BCUT2D eigenvalue weighted by Gasteiger charge is -2.25. The van der Waals surface area contributed by atoms with Crippen LogP contribution < -0.4 is 4.74 Å². The number of ether oxygens (including phenoxy) is 2. The van der Waals surface area contributed by atoms with Gasteiger partial charge in [-0.15, -0.1) is 0 Å². The molecule has 2 aromatic rings. The van der Waals surface area contributed by atoms with Crippen molar-refractivity contribution in [1.82, 2.24) is 4.90 Å². The van der Waals surface area contributed by atoms with Gasteiger partial charge >= 0.3 is 0 Å². The summed E-state index contributed by atoms with van der Waals surface area (Å²) in [5.74, 6) is -0.791. The molecule has 3 rings (SSSR count). The summed E-state index contributed by atoms with van der Waals surface area (Å²) < 4.78 is 10.4. The topological polar surface area (TPSA) is 76.1 Å². The molecule has 31 heavy (non-hydrogen) atoms. The lowest BCUT2D eigenvalue weighted by Crippen LogP contribution is -2.31. The van der Waals surface area contributed by atoms with Crippen molar-refractivity contribution in [2.75, 3.05) is 27.4 Å². The van der Waals surface area contributed by atoms with Crippen molar-refractivity contribution in [3.05, 3.63) is 70.3 Å². The molecule has 0 radical (unpaired) electrons. The zero-order valence-corrected chi connectivity index (χ0v) is 18.5. The Balaban J connectivity index is 2.13. The lowest BCUT2D eigenvalue weighted by atomic mass is 9.93. The van der Waals surface area contributed by atoms with Crippen LogP contribution in [0.4, 0.5) is 0 Å². The van der Waals surface area contributed by atoms with Gasteiger partial charge in [-0.3, -0.25) is 9.59 Å². The third-order valence-electron chi connectivity index (χ3n) is 5.68. The van der Waals surface area contributed by atoms with E-state index in [4.69, 9.17) is 9.47 Å². The zero-order chi connectivity index (χ0) is 22.5. The Morgan fingerprint density at radius 3 is 2.39 bits per heavy atom. The predicted molar refractivity (Wildman–Crippen MR) is 119 cm³/mol. The standard InChI is InChI=1S/C25H29NO5/c1-5-17-7-9-18(10-8-17)22-21(24(28)25(29)26(22)13-6-14-30-3)23(27)20-12-11-19(31-4)15-16(20)2/h7-12,15,22,27H,5-6,13-14H2,1-4H3. The van der Waals surface area contributed by atoms with Crippen molar-refractivity contribution >= 4 is 17.4 Å². The maximum atomic E-state index is 13.0. The van der Waals surface area contributed by atoms with Crippen molar-refractivity contribution < 1.29 is 24.2 Å². The molecule has 0 aliphatic carbocycles. The molecule has 1 aliphatic rings. The van der Waals surface area contributed by atoms with Crippen LogP contribution >= 0.6 is 0 Å². The van der Waals surface area contributed by atoms with Crippen LogP contribution in [0.2, 0.25) is 0 Å². The Morgan fingerprint density at radius 1 is 1.10 bits per heavy atom. The molecule has 0 aromatic heterocycles. The van der Waals surface area contributed by atoms with Gasteiger partial charge in [-0.2, -0.15) is 0 Å². The molecule has 164 valence electrons. The van der Waals surface area contributed by atoms with Gasteiger partial charge in [0, 0.05) is 25.8 Å². The van der Waals surface area contributed by atoms with Gasteiger partial charge < -0.3 is 19.5 Å². The van der Waals surface area contributed by atoms with Gasteiger partial charge in [0.25, 0.3) is 11.7 Å². The second-order valence-corrected chi connectivity index (χ2v) is 7.61. The summed E-state index contributed by atoms with van der Waals surface area (Å²) >= 11 is 0. The number of hydrogen-bond donors (Lipinski definition) is 1. The monoisotopic (exact) mass is 423 g/mol.